The first kappa shape index (κ1) is 10.2. The predicted octanol–water partition coefficient (Wildman–Crippen LogP) is 2.49. The SMILES string of the molecule is Clc1cccc(I)c1CC1=NCCN1. The minimum absolute atomic E-state index is 0.817. The molecule has 1 aromatic rings. The van der Waals surface area contributed by atoms with Crippen LogP contribution in [0.4, 0.5) is 0 Å². The largest absolute Gasteiger partial charge is 0.372 e. The molecule has 0 saturated heterocycles. The lowest BCUT2D eigenvalue weighted by Crippen LogP contribution is -2.21. The van der Waals surface area contributed by atoms with Crippen molar-refractivity contribution in [1.82, 2.24) is 5.32 Å². The van der Waals surface area contributed by atoms with Crippen LogP contribution < -0.4 is 5.32 Å². The first-order chi connectivity index (χ1) is 6.77. The van der Waals surface area contributed by atoms with Crippen molar-refractivity contribution in [3.05, 3.63) is 32.4 Å². The summed E-state index contributed by atoms with van der Waals surface area (Å²) in [5, 5.41) is 4.07. The van der Waals surface area contributed by atoms with Gasteiger partial charge in [-0.3, -0.25) is 4.99 Å². The van der Waals surface area contributed by atoms with Gasteiger partial charge in [0.05, 0.1) is 6.54 Å². The molecule has 1 aliphatic heterocycles. The molecule has 74 valence electrons. The van der Waals surface area contributed by atoms with E-state index in [4.69, 9.17) is 11.6 Å². The molecular weight excluding hydrogens is 310 g/mol. The number of rotatable bonds is 2. The maximum Gasteiger partial charge on any atom is 0.101 e. The Hall–Kier alpha value is -0.290. The molecule has 0 radical (unpaired) electrons. The zero-order valence-electron chi connectivity index (χ0n) is 7.56. The van der Waals surface area contributed by atoms with Crippen LogP contribution in [0, 0.1) is 3.57 Å². The van der Waals surface area contributed by atoms with E-state index in [2.05, 4.69) is 39.0 Å². The molecule has 0 atom stereocenters. The van der Waals surface area contributed by atoms with Gasteiger partial charge in [0.25, 0.3) is 0 Å². The molecule has 1 heterocycles. The summed E-state index contributed by atoms with van der Waals surface area (Å²) < 4.78 is 1.20. The Balaban J connectivity index is 2.23. The molecule has 0 unspecified atom stereocenters. The maximum absolute atomic E-state index is 6.12. The highest BCUT2D eigenvalue weighted by Crippen LogP contribution is 2.22. The van der Waals surface area contributed by atoms with Gasteiger partial charge in [0.15, 0.2) is 0 Å². The van der Waals surface area contributed by atoms with Crippen LogP contribution in [0.3, 0.4) is 0 Å². The van der Waals surface area contributed by atoms with Crippen LogP contribution >= 0.6 is 34.2 Å². The Bertz CT molecular complexity index is 356. The second-order valence-corrected chi connectivity index (χ2v) is 4.70. The summed E-state index contributed by atoms with van der Waals surface area (Å²) in [7, 11) is 0. The Morgan fingerprint density at radius 1 is 1.50 bits per heavy atom. The van der Waals surface area contributed by atoms with Gasteiger partial charge in [-0.25, -0.2) is 0 Å². The monoisotopic (exact) mass is 320 g/mol. The van der Waals surface area contributed by atoms with Crippen LogP contribution in [0.25, 0.3) is 0 Å². The van der Waals surface area contributed by atoms with E-state index in [1.165, 1.54) is 9.13 Å². The van der Waals surface area contributed by atoms with Gasteiger partial charge in [0, 0.05) is 21.6 Å². The second-order valence-electron chi connectivity index (χ2n) is 3.13. The van der Waals surface area contributed by atoms with Crippen molar-refractivity contribution in [2.45, 2.75) is 6.42 Å². The van der Waals surface area contributed by atoms with E-state index in [0.717, 1.165) is 30.4 Å². The first-order valence-electron chi connectivity index (χ1n) is 4.47. The zero-order chi connectivity index (χ0) is 9.97. The van der Waals surface area contributed by atoms with Crippen LogP contribution in [0.15, 0.2) is 23.2 Å². The smallest absolute Gasteiger partial charge is 0.101 e. The Morgan fingerprint density at radius 2 is 2.36 bits per heavy atom. The highest BCUT2D eigenvalue weighted by molar-refractivity contribution is 14.1. The number of halogens is 2. The summed E-state index contributed by atoms with van der Waals surface area (Å²) in [5.41, 5.74) is 1.17. The van der Waals surface area contributed by atoms with Crippen LogP contribution in [0.5, 0.6) is 0 Å². The minimum atomic E-state index is 0.817. The highest BCUT2D eigenvalue weighted by Gasteiger charge is 2.10. The minimum Gasteiger partial charge on any atom is -0.372 e. The molecule has 0 aromatic heterocycles. The number of nitrogens with zero attached hydrogens (tertiary/aromatic N) is 1. The molecule has 1 aliphatic rings. The molecule has 0 bridgehead atoms. The molecule has 0 saturated carbocycles. The van der Waals surface area contributed by atoms with Gasteiger partial charge in [-0.15, -0.1) is 0 Å². The van der Waals surface area contributed by atoms with Crippen molar-refractivity contribution in [2.24, 2.45) is 4.99 Å². The van der Waals surface area contributed by atoms with E-state index in [1.807, 2.05) is 12.1 Å². The van der Waals surface area contributed by atoms with E-state index < -0.39 is 0 Å². The molecule has 1 aromatic carbocycles. The molecule has 0 amide bonds. The average Bonchev–Trinajstić information content (AvgIpc) is 2.64. The first-order valence-corrected chi connectivity index (χ1v) is 5.93. The Labute approximate surface area is 102 Å². The molecular formula is C10H10ClIN2. The van der Waals surface area contributed by atoms with E-state index in [9.17, 15) is 0 Å². The normalized spacial score (nSPS) is 15.1. The maximum atomic E-state index is 6.12. The van der Waals surface area contributed by atoms with Crippen molar-refractivity contribution in [3.63, 3.8) is 0 Å². The fourth-order valence-corrected chi connectivity index (χ4v) is 2.52. The molecule has 0 fully saturated rings. The summed E-state index contributed by atoms with van der Waals surface area (Å²) in [6.07, 6.45) is 0.817. The zero-order valence-corrected chi connectivity index (χ0v) is 10.5. The van der Waals surface area contributed by atoms with Gasteiger partial charge < -0.3 is 5.32 Å². The summed E-state index contributed by atoms with van der Waals surface area (Å²) in [5.74, 6) is 1.05. The predicted molar refractivity (Wildman–Crippen MR) is 68.2 cm³/mol. The van der Waals surface area contributed by atoms with Crippen LogP contribution in [0.2, 0.25) is 5.02 Å². The highest BCUT2D eigenvalue weighted by atomic mass is 127. The van der Waals surface area contributed by atoms with E-state index in [1.54, 1.807) is 0 Å². The van der Waals surface area contributed by atoms with Crippen LogP contribution in [-0.2, 0) is 6.42 Å². The molecule has 1 N–H and O–H groups in total. The summed E-state index contributed by atoms with van der Waals surface area (Å²) in [6, 6.07) is 5.96. The number of benzene rings is 1. The van der Waals surface area contributed by atoms with Gasteiger partial charge in [0.2, 0.25) is 0 Å². The fraction of sp³-hybridized carbons (Fsp3) is 0.300. The van der Waals surface area contributed by atoms with Gasteiger partial charge in [-0.2, -0.15) is 0 Å². The van der Waals surface area contributed by atoms with Crippen LogP contribution in [0.1, 0.15) is 5.56 Å². The molecule has 0 aliphatic carbocycles. The lowest BCUT2D eigenvalue weighted by atomic mass is 10.1. The van der Waals surface area contributed by atoms with Crippen molar-refractivity contribution < 1.29 is 0 Å². The summed E-state index contributed by atoms with van der Waals surface area (Å²) in [4.78, 5) is 4.36. The van der Waals surface area contributed by atoms with Gasteiger partial charge in [-0.05, 0) is 40.3 Å². The number of nitrogens with one attached hydrogen (secondary N) is 1. The lowest BCUT2D eigenvalue weighted by Gasteiger charge is -2.07. The third-order valence-electron chi connectivity index (χ3n) is 2.15. The topological polar surface area (TPSA) is 24.4 Å². The standard InChI is InChI=1S/C10H10ClIN2/c11-8-2-1-3-9(12)7(8)6-10-13-4-5-14-10/h1-3H,4-6H2,(H,13,14). The fourth-order valence-electron chi connectivity index (χ4n) is 1.43. The van der Waals surface area contributed by atoms with Crippen molar-refractivity contribution in [1.29, 1.82) is 0 Å². The molecule has 2 nitrogen and oxygen atoms in total. The Kier molecular flexibility index (Phi) is 3.28. The quantitative estimate of drug-likeness (QED) is 0.832. The molecule has 4 heteroatoms. The third kappa shape index (κ3) is 2.20. The summed E-state index contributed by atoms with van der Waals surface area (Å²) in [6.45, 7) is 1.84. The lowest BCUT2D eigenvalue weighted by molar-refractivity contribution is 0.953. The third-order valence-corrected chi connectivity index (χ3v) is 3.51. The second kappa shape index (κ2) is 4.49. The average molecular weight is 321 g/mol. The van der Waals surface area contributed by atoms with Gasteiger partial charge >= 0.3 is 0 Å². The van der Waals surface area contributed by atoms with Crippen molar-refractivity contribution >= 4 is 40.0 Å². The van der Waals surface area contributed by atoms with Crippen molar-refractivity contribution in [2.75, 3.05) is 13.1 Å². The van der Waals surface area contributed by atoms with Gasteiger partial charge in [-0.1, -0.05) is 17.7 Å². The number of hydrogen-bond donors (Lipinski definition) is 1. The van der Waals surface area contributed by atoms with Gasteiger partial charge in [0.1, 0.15) is 5.84 Å². The molecule has 14 heavy (non-hydrogen) atoms. The van der Waals surface area contributed by atoms with E-state index in [-0.39, 0.29) is 0 Å². The number of hydrogen-bond acceptors (Lipinski definition) is 2. The number of amidine groups is 1. The van der Waals surface area contributed by atoms with Crippen molar-refractivity contribution in [3.8, 4) is 0 Å². The number of aliphatic imine (C=N–C) groups is 1. The van der Waals surface area contributed by atoms with E-state index in [0.29, 0.717) is 0 Å². The van der Waals surface area contributed by atoms with Crippen LogP contribution in [-0.4, -0.2) is 18.9 Å². The Morgan fingerprint density at radius 3 is 3.00 bits per heavy atom. The molecule has 2 rings (SSSR count). The molecule has 0 spiro atoms. The van der Waals surface area contributed by atoms with E-state index >= 15 is 0 Å². The summed E-state index contributed by atoms with van der Waals surface area (Å²) >= 11 is 8.43.